The van der Waals surface area contributed by atoms with Gasteiger partial charge in [0.1, 0.15) is 5.82 Å². The lowest BCUT2D eigenvalue weighted by Gasteiger charge is -2.10. The van der Waals surface area contributed by atoms with Gasteiger partial charge >= 0.3 is 5.97 Å². The maximum absolute atomic E-state index is 13.0. The molecule has 1 aromatic carbocycles. The second kappa shape index (κ2) is 7.20. The lowest BCUT2D eigenvalue weighted by Crippen LogP contribution is -2.29. The lowest BCUT2D eigenvalue weighted by atomic mass is 10.1. The largest absolute Gasteiger partial charge is 0.469 e. The smallest absolute Gasteiger partial charge is 0.307 e. The summed E-state index contributed by atoms with van der Waals surface area (Å²) in [5, 5.41) is 2.56. The molecule has 0 aliphatic heterocycles. The Kier molecular flexibility index (Phi) is 5.91. The second-order valence-corrected chi connectivity index (χ2v) is 4.78. The SMILES string of the molecule is COC(=O)C[C@@H](N)CC(=O)Nc1ccc(F)c(Br)c1. The molecule has 1 aromatic rings. The van der Waals surface area contributed by atoms with Crippen LogP contribution in [0, 0.1) is 5.82 Å². The van der Waals surface area contributed by atoms with Gasteiger partial charge in [-0.2, -0.15) is 0 Å². The van der Waals surface area contributed by atoms with Crippen LogP contribution in [0.4, 0.5) is 10.1 Å². The van der Waals surface area contributed by atoms with Crippen molar-refractivity contribution >= 4 is 33.5 Å². The Balaban J connectivity index is 2.50. The van der Waals surface area contributed by atoms with Crippen LogP contribution >= 0.6 is 15.9 Å². The highest BCUT2D eigenvalue weighted by atomic mass is 79.9. The van der Waals surface area contributed by atoms with E-state index in [2.05, 4.69) is 26.0 Å². The first-order chi connectivity index (χ1) is 8.92. The first kappa shape index (κ1) is 15.6. The predicted octanol–water partition coefficient (Wildman–Crippen LogP) is 1.81. The summed E-state index contributed by atoms with van der Waals surface area (Å²) < 4.78 is 17.7. The Morgan fingerprint density at radius 3 is 2.74 bits per heavy atom. The van der Waals surface area contributed by atoms with E-state index >= 15 is 0 Å². The van der Waals surface area contributed by atoms with Crippen LogP contribution in [0.2, 0.25) is 0 Å². The Hall–Kier alpha value is -1.47. The number of benzene rings is 1. The van der Waals surface area contributed by atoms with Crippen molar-refractivity contribution < 1.29 is 18.7 Å². The first-order valence-electron chi connectivity index (χ1n) is 5.49. The maximum atomic E-state index is 13.0. The molecule has 0 bridgehead atoms. The van der Waals surface area contributed by atoms with Crippen LogP contribution in [0.5, 0.6) is 0 Å². The topological polar surface area (TPSA) is 81.4 Å². The molecule has 0 aromatic heterocycles. The summed E-state index contributed by atoms with van der Waals surface area (Å²) in [4.78, 5) is 22.6. The van der Waals surface area contributed by atoms with Crippen LogP contribution in [-0.4, -0.2) is 25.0 Å². The molecule has 0 aliphatic rings. The van der Waals surface area contributed by atoms with Crippen LogP contribution < -0.4 is 11.1 Å². The van der Waals surface area contributed by atoms with Crippen LogP contribution in [0.1, 0.15) is 12.8 Å². The van der Waals surface area contributed by atoms with E-state index < -0.39 is 17.8 Å². The number of carbonyl (C=O) groups excluding carboxylic acids is 2. The quantitative estimate of drug-likeness (QED) is 0.805. The molecule has 3 N–H and O–H groups in total. The highest BCUT2D eigenvalue weighted by molar-refractivity contribution is 9.10. The van der Waals surface area contributed by atoms with Crippen molar-refractivity contribution in [1.82, 2.24) is 0 Å². The molecule has 0 fully saturated rings. The van der Waals surface area contributed by atoms with Crippen molar-refractivity contribution in [2.75, 3.05) is 12.4 Å². The molecular formula is C12H14BrFN2O3. The summed E-state index contributed by atoms with van der Waals surface area (Å²) >= 11 is 3.02. The summed E-state index contributed by atoms with van der Waals surface area (Å²) in [6.07, 6.45) is -0.0544. The highest BCUT2D eigenvalue weighted by Gasteiger charge is 2.14. The lowest BCUT2D eigenvalue weighted by molar-refractivity contribution is -0.141. The van der Waals surface area contributed by atoms with Crippen LogP contribution in [0.25, 0.3) is 0 Å². The van der Waals surface area contributed by atoms with Gasteiger partial charge in [0.25, 0.3) is 0 Å². The van der Waals surface area contributed by atoms with Gasteiger partial charge in [-0.05, 0) is 34.1 Å². The van der Waals surface area contributed by atoms with E-state index in [4.69, 9.17) is 5.73 Å². The fraction of sp³-hybridized carbons (Fsp3) is 0.333. The van der Waals surface area contributed by atoms with Gasteiger partial charge in [0.2, 0.25) is 5.91 Å². The number of nitrogens with two attached hydrogens (primary N) is 1. The van der Waals surface area contributed by atoms with Gasteiger partial charge in [-0.15, -0.1) is 0 Å². The number of ether oxygens (including phenoxy) is 1. The van der Waals surface area contributed by atoms with E-state index in [0.717, 1.165) is 0 Å². The minimum Gasteiger partial charge on any atom is -0.469 e. The van der Waals surface area contributed by atoms with Gasteiger partial charge in [0.15, 0.2) is 0 Å². The van der Waals surface area contributed by atoms with E-state index in [1.807, 2.05) is 0 Å². The summed E-state index contributed by atoms with van der Waals surface area (Å²) in [6, 6.07) is 3.49. The molecule has 7 heteroatoms. The molecule has 0 saturated heterocycles. The van der Waals surface area contributed by atoms with Gasteiger partial charge in [0, 0.05) is 18.2 Å². The van der Waals surface area contributed by atoms with Crippen molar-refractivity contribution in [1.29, 1.82) is 0 Å². The predicted molar refractivity (Wildman–Crippen MR) is 72.0 cm³/mol. The number of anilines is 1. The Morgan fingerprint density at radius 1 is 1.47 bits per heavy atom. The number of nitrogens with one attached hydrogen (secondary N) is 1. The molecule has 1 atom stereocenters. The zero-order chi connectivity index (χ0) is 14.4. The number of amides is 1. The fourth-order valence-corrected chi connectivity index (χ4v) is 1.77. The molecule has 0 saturated carbocycles. The molecule has 104 valence electrons. The number of esters is 1. The standard InChI is InChI=1S/C12H14BrFN2O3/c1-19-12(18)5-7(15)4-11(17)16-8-2-3-10(14)9(13)6-8/h2-3,6-7H,4-5,15H2,1H3,(H,16,17)/t7-/m0/s1. The van der Waals surface area contributed by atoms with Crippen molar-refractivity contribution in [2.24, 2.45) is 5.73 Å². The number of hydrogen-bond acceptors (Lipinski definition) is 4. The third kappa shape index (κ3) is 5.35. The van der Waals surface area contributed by atoms with E-state index in [9.17, 15) is 14.0 Å². The molecule has 1 amide bonds. The summed E-state index contributed by atoms with van der Waals surface area (Å²) in [5.41, 5.74) is 6.08. The first-order valence-corrected chi connectivity index (χ1v) is 6.29. The van der Waals surface area contributed by atoms with Crippen molar-refractivity contribution in [2.45, 2.75) is 18.9 Å². The molecule has 0 radical (unpaired) electrons. The molecule has 5 nitrogen and oxygen atoms in total. The summed E-state index contributed by atoms with van der Waals surface area (Å²) in [5.74, 6) is -1.24. The van der Waals surface area contributed by atoms with Crippen LogP contribution in [0.15, 0.2) is 22.7 Å². The second-order valence-electron chi connectivity index (χ2n) is 3.92. The number of carbonyl (C=O) groups is 2. The maximum Gasteiger partial charge on any atom is 0.307 e. The fourth-order valence-electron chi connectivity index (χ4n) is 1.39. The van der Waals surface area contributed by atoms with Crippen molar-refractivity contribution in [3.8, 4) is 0 Å². The average Bonchev–Trinajstić information content (AvgIpc) is 2.33. The van der Waals surface area contributed by atoms with E-state index in [1.165, 1.54) is 25.3 Å². The van der Waals surface area contributed by atoms with Gasteiger partial charge in [-0.1, -0.05) is 0 Å². The zero-order valence-electron chi connectivity index (χ0n) is 10.3. The molecule has 19 heavy (non-hydrogen) atoms. The summed E-state index contributed by atoms with van der Waals surface area (Å²) in [7, 11) is 1.26. The minimum absolute atomic E-state index is 0.0237. The normalized spacial score (nSPS) is 11.8. The van der Waals surface area contributed by atoms with Crippen LogP contribution in [-0.2, 0) is 14.3 Å². The number of halogens is 2. The van der Waals surface area contributed by atoms with Gasteiger partial charge in [-0.25, -0.2) is 4.39 Å². The van der Waals surface area contributed by atoms with Gasteiger partial charge < -0.3 is 15.8 Å². The van der Waals surface area contributed by atoms with Gasteiger partial charge in [-0.3, -0.25) is 9.59 Å². The molecule has 0 spiro atoms. The van der Waals surface area contributed by atoms with E-state index in [1.54, 1.807) is 0 Å². The summed E-state index contributed by atoms with van der Waals surface area (Å²) in [6.45, 7) is 0. The Labute approximate surface area is 118 Å². The molecule has 0 heterocycles. The molecule has 0 unspecified atom stereocenters. The van der Waals surface area contributed by atoms with Gasteiger partial charge in [0.05, 0.1) is 18.0 Å². The Bertz CT molecular complexity index is 482. The van der Waals surface area contributed by atoms with E-state index in [-0.39, 0.29) is 23.2 Å². The molecule has 1 rings (SSSR count). The molecular weight excluding hydrogens is 319 g/mol. The Morgan fingerprint density at radius 2 is 2.16 bits per heavy atom. The minimum atomic E-state index is -0.615. The highest BCUT2D eigenvalue weighted by Crippen LogP contribution is 2.20. The van der Waals surface area contributed by atoms with Crippen molar-refractivity contribution in [3.05, 3.63) is 28.5 Å². The third-order valence-electron chi connectivity index (χ3n) is 2.31. The van der Waals surface area contributed by atoms with E-state index in [0.29, 0.717) is 5.69 Å². The monoisotopic (exact) mass is 332 g/mol. The number of methoxy groups -OCH3 is 1. The molecule has 0 aliphatic carbocycles. The number of hydrogen-bond donors (Lipinski definition) is 2. The third-order valence-corrected chi connectivity index (χ3v) is 2.92. The van der Waals surface area contributed by atoms with Crippen molar-refractivity contribution in [3.63, 3.8) is 0 Å². The average molecular weight is 333 g/mol. The zero-order valence-corrected chi connectivity index (χ0v) is 11.9. The number of rotatable bonds is 5. The van der Waals surface area contributed by atoms with Crippen LogP contribution in [0.3, 0.4) is 0 Å².